The summed E-state index contributed by atoms with van der Waals surface area (Å²) in [6, 6.07) is 4.22. The van der Waals surface area contributed by atoms with Gasteiger partial charge in [-0.2, -0.15) is 5.10 Å². The summed E-state index contributed by atoms with van der Waals surface area (Å²) in [6.45, 7) is 9.01. The van der Waals surface area contributed by atoms with Crippen molar-refractivity contribution in [2.75, 3.05) is 39.9 Å². The predicted octanol–water partition coefficient (Wildman–Crippen LogP) is 3.17. The molecule has 2 aromatic heterocycles. The van der Waals surface area contributed by atoms with Crippen LogP contribution in [0.15, 0.2) is 23.1 Å². The lowest BCUT2D eigenvalue weighted by Gasteiger charge is -2.40. The summed E-state index contributed by atoms with van der Waals surface area (Å²) in [5.41, 5.74) is 3.07. The highest BCUT2D eigenvalue weighted by molar-refractivity contribution is 6.07. The van der Waals surface area contributed by atoms with E-state index in [0.717, 1.165) is 54.6 Å². The maximum absolute atomic E-state index is 13.6. The van der Waals surface area contributed by atoms with Crippen LogP contribution in [0.25, 0.3) is 21.8 Å². The highest BCUT2D eigenvalue weighted by atomic mass is 16.5. The number of nitrogens with zero attached hydrogens (tertiary/aromatic N) is 4. The van der Waals surface area contributed by atoms with E-state index in [1.807, 2.05) is 28.6 Å². The van der Waals surface area contributed by atoms with Crippen molar-refractivity contribution in [3.05, 3.63) is 39.8 Å². The van der Waals surface area contributed by atoms with E-state index in [1.54, 1.807) is 13.3 Å². The smallest absolute Gasteiger partial charge is 0.259 e. The zero-order valence-electron chi connectivity index (χ0n) is 20.5. The van der Waals surface area contributed by atoms with Crippen molar-refractivity contribution in [1.82, 2.24) is 24.6 Å². The lowest BCUT2D eigenvalue weighted by molar-refractivity contribution is 0.0490. The maximum Gasteiger partial charge on any atom is 0.259 e. The average Bonchev–Trinajstić information content (AvgIpc) is 3.21. The van der Waals surface area contributed by atoms with E-state index in [0.29, 0.717) is 36.0 Å². The van der Waals surface area contributed by atoms with Crippen molar-refractivity contribution in [2.45, 2.75) is 52.1 Å². The number of aromatic nitrogens is 3. The summed E-state index contributed by atoms with van der Waals surface area (Å²) < 4.78 is 7.16. The number of hydrogen-bond donors (Lipinski definition) is 1. The third-order valence-electron chi connectivity index (χ3n) is 7.68. The van der Waals surface area contributed by atoms with E-state index >= 15 is 0 Å². The molecule has 34 heavy (non-hydrogen) atoms. The van der Waals surface area contributed by atoms with Gasteiger partial charge in [-0.05, 0) is 56.7 Å². The number of methoxy groups -OCH3 is 1. The largest absolute Gasteiger partial charge is 0.385 e. The number of aromatic amines is 1. The van der Waals surface area contributed by atoms with E-state index in [1.165, 1.54) is 19.3 Å². The molecule has 1 atom stereocenters. The van der Waals surface area contributed by atoms with Gasteiger partial charge in [0.25, 0.3) is 11.5 Å². The van der Waals surface area contributed by atoms with E-state index in [9.17, 15) is 9.59 Å². The Labute approximate surface area is 199 Å². The number of hydrogen-bond acceptors (Lipinski definition) is 5. The molecule has 2 aliphatic rings. The highest BCUT2D eigenvalue weighted by Gasteiger charge is 2.28. The molecule has 1 aliphatic heterocycles. The van der Waals surface area contributed by atoms with Crippen LogP contribution in [-0.4, -0.2) is 76.4 Å². The van der Waals surface area contributed by atoms with Crippen molar-refractivity contribution in [1.29, 1.82) is 0 Å². The molecule has 8 heteroatoms. The summed E-state index contributed by atoms with van der Waals surface area (Å²) in [5.74, 6) is 0.679. The van der Waals surface area contributed by atoms with Crippen LogP contribution in [0.2, 0.25) is 0 Å². The van der Waals surface area contributed by atoms with Gasteiger partial charge >= 0.3 is 0 Å². The van der Waals surface area contributed by atoms with Crippen LogP contribution in [0.4, 0.5) is 0 Å². The molecule has 1 amide bonds. The second kappa shape index (κ2) is 9.50. The Kier molecular flexibility index (Phi) is 6.44. The third kappa shape index (κ3) is 4.25. The summed E-state index contributed by atoms with van der Waals surface area (Å²) in [6.07, 6.45) is 6.35. The van der Waals surface area contributed by atoms with Gasteiger partial charge in [0.15, 0.2) is 0 Å². The Bertz CT molecular complexity index is 1260. The lowest BCUT2D eigenvalue weighted by atomic mass is 9.85. The molecule has 0 bridgehead atoms. The minimum absolute atomic E-state index is 0.0622. The zero-order valence-corrected chi connectivity index (χ0v) is 20.5. The number of carbonyl (C=O) groups is 1. The first-order chi connectivity index (χ1) is 16.5. The Morgan fingerprint density at radius 3 is 2.76 bits per heavy atom. The van der Waals surface area contributed by atoms with Crippen LogP contribution >= 0.6 is 0 Å². The normalized spacial score (nSPS) is 19.7. The average molecular weight is 466 g/mol. The minimum Gasteiger partial charge on any atom is -0.385 e. The molecular weight excluding hydrogens is 430 g/mol. The van der Waals surface area contributed by atoms with Crippen LogP contribution in [0.5, 0.6) is 0 Å². The standard InChI is InChI=1S/C26H35N5O3/c1-17-12-23-21(24-22(25(32)28-23)14-27-31(24)16-19-6-4-7-19)13-20(17)26(33)30-10-9-29(18(2)15-30)8-5-11-34-3/h12-14,18-19H,4-11,15-16H2,1-3H3,(H,28,32)/t18-/m1/s1. The van der Waals surface area contributed by atoms with Crippen molar-refractivity contribution in [2.24, 2.45) is 5.92 Å². The highest BCUT2D eigenvalue weighted by Crippen LogP contribution is 2.31. The van der Waals surface area contributed by atoms with Crippen molar-refractivity contribution >= 4 is 27.7 Å². The molecular formula is C26H35N5O3. The molecule has 0 spiro atoms. The Hall–Kier alpha value is -2.71. The van der Waals surface area contributed by atoms with Crippen LogP contribution < -0.4 is 5.56 Å². The number of aryl methyl sites for hydroxylation is 1. The first-order valence-electron chi connectivity index (χ1n) is 12.5. The Morgan fingerprint density at radius 2 is 2.06 bits per heavy atom. The fraction of sp³-hybridized carbons (Fsp3) is 0.577. The van der Waals surface area contributed by atoms with Crippen LogP contribution in [-0.2, 0) is 11.3 Å². The van der Waals surface area contributed by atoms with Crippen LogP contribution in [0.3, 0.4) is 0 Å². The molecule has 2 fully saturated rings. The minimum atomic E-state index is -0.126. The van der Waals surface area contributed by atoms with Gasteiger partial charge in [0, 0.05) is 63.4 Å². The fourth-order valence-corrected chi connectivity index (χ4v) is 5.42. The molecule has 0 unspecified atom stereocenters. The van der Waals surface area contributed by atoms with Gasteiger partial charge in [-0.1, -0.05) is 6.42 Å². The summed E-state index contributed by atoms with van der Waals surface area (Å²) in [5, 5.41) is 6.04. The molecule has 1 N–H and O–H groups in total. The number of ether oxygens (including phenoxy) is 1. The number of pyridine rings is 1. The van der Waals surface area contributed by atoms with E-state index in [2.05, 4.69) is 21.9 Å². The molecule has 3 aromatic rings. The topological polar surface area (TPSA) is 83.5 Å². The van der Waals surface area contributed by atoms with Gasteiger partial charge in [-0.25, -0.2) is 0 Å². The van der Waals surface area contributed by atoms with Crippen LogP contribution in [0.1, 0.15) is 48.5 Å². The van der Waals surface area contributed by atoms with Crippen molar-refractivity contribution in [3.8, 4) is 0 Å². The number of amides is 1. The number of carbonyl (C=O) groups excluding carboxylic acids is 1. The molecule has 1 saturated carbocycles. The van der Waals surface area contributed by atoms with Crippen molar-refractivity contribution < 1.29 is 9.53 Å². The maximum atomic E-state index is 13.6. The molecule has 0 radical (unpaired) electrons. The van der Waals surface area contributed by atoms with Gasteiger partial charge in [0.1, 0.15) is 0 Å². The zero-order chi connectivity index (χ0) is 23.8. The van der Waals surface area contributed by atoms with E-state index in [-0.39, 0.29) is 11.5 Å². The number of benzene rings is 1. The number of H-pyrrole nitrogens is 1. The quantitative estimate of drug-likeness (QED) is 0.542. The summed E-state index contributed by atoms with van der Waals surface area (Å²) >= 11 is 0. The molecule has 1 saturated heterocycles. The number of nitrogens with one attached hydrogen (secondary N) is 1. The Morgan fingerprint density at radius 1 is 1.24 bits per heavy atom. The number of rotatable bonds is 7. The number of piperazine rings is 1. The second-order valence-corrected chi connectivity index (χ2v) is 10.0. The van der Waals surface area contributed by atoms with Gasteiger partial charge in [-0.3, -0.25) is 19.2 Å². The SMILES string of the molecule is COCCCN1CCN(C(=O)c2cc3c(cc2C)[nH]c(=O)c2cnn(CC4CCC4)c23)C[C@H]1C. The summed E-state index contributed by atoms with van der Waals surface area (Å²) in [7, 11) is 1.73. The third-order valence-corrected chi connectivity index (χ3v) is 7.68. The van der Waals surface area contributed by atoms with Gasteiger partial charge in [-0.15, -0.1) is 0 Å². The van der Waals surface area contributed by atoms with Gasteiger partial charge in [0.2, 0.25) is 0 Å². The van der Waals surface area contributed by atoms with Crippen molar-refractivity contribution in [3.63, 3.8) is 0 Å². The predicted molar refractivity (Wildman–Crippen MR) is 133 cm³/mol. The molecule has 5 rings (SSSR count). The molecule has 3 heterocycles. The van der Waals surface area contributed by atoms with Gasteiger partial charge < -0.3 is 14.6 Å². The van der Waals surface area contributed by atoms with Crippen LogP contribution in [0, 0.1) is 12.8 Å². The molecule has 1 aliphatic carbocycles. The molecule has 1 aromatic carbocycles. The summed E-state index contributed by atoms with van der Waals surface area (Å²) in [4.78, 5) is 33.8. The van der Waals surface area contributed by atoms with Gasteiger partial charge in [0.05, 0.1) is 22.6 Å². The molecule has 182 valence electrons. The Balaban J connectivity index is 1.45. The first-order valence-corrected chi connectivity index (χ1v) is 12.5. The second-order valence-electron chi connectivity index (χ2n) is 10.0. The van der Waals surface area contributed by atoms with E-state index in [4.69, 9.17) is 4.74 Å². The first kappa shape index (κ1) is 23.1. The van der Waals surface area contributed by atoms with E-state index < -0.39 is 0 Å². The lowest BCUT2D eigenvalue weighted by Crippen LogP contribution is -2.53. The fourth-order valence-electron chi connectivity index (χ4n) is 5.42. The monoisotopic (exact) mass is 465 g/mol. The molecule has 8 nitrogen and oxygen atoms in total. The number of fused-ring (bicyclic) bond motifs is 3.